The van der Waals surface area contributed by atoms with Gasteiger partial charge in [0.2, 0.25) is 5.91 Å². The van der Waals surface area contributed by atoms with Crippen LogP contribution in [-0.4, -0.2) is 37.0 Å². The van der Waals surface area contributed by atoms with Crippen molar-refractivity contribution in [2.75, 3.05) is 25.5 Å². The highest BCUT2D eigenvalue weighted by molar-refractivity contribution is 6.35. The molecule has 0 spiro atoms. The Labute approximate surface area is 180 Å². The summed E-state index contributed by atoms with van der Waals surface area (Å²) in [6, 6.07) is 10.6. The van der Waals surface area contributed by atoms with E-state index in [-0.39, 0.29) is 11.8 Å². The van der Waals surface area contributed by atoms with Crippen molar-refractivity contribution in [3.63, 3.8) is 0 Å². The van der Waals surface area contributed by atoms with E-state index in [2.05, 4.69) is 10.2 Å². The quantitative estimate of drug-likeness (QED) is 0.676. The normalized spacial score (nSPS) is 17.0. The van der Waals surface area contributed by atoms with E-state index in [0.29, 0.717) is 34.4 Å². The van der Waals surface area contributed by atoms with Gasteiger partial charge in [-0.1, -0.05) is 35.3 Å². The number of carbonyl (C=O) groups is 2. The van der Waals surface area contributed by atoms with Gasteiger partial charge in [0.25, 0.3) is 0 Å². The SMILES string of the molecule is COC(=O)c1ccc(C)c(NC(=O)C2CCCN(Cc3c(Cl)cccc3Cl)C2)c1. The predicted octanol–water partition coefficient (Wildman–Crippen LogP) is 4.94. The molecule has 0 radical (unpaired) electrons. The highest BCUT2D eigenvalue weighted by Gasteiger charge is 2.27. The molecule has 5 nitrogen and oxygen atoms in total. The van der Waals surface area contributed by atoms with Crippen LogP contribution < -0.4 is 5.32 Å². The van der Waals surface area contributed by atoms with Gasteiger partial charge < -0.3 is 10.1 Å². The number of ether oxygens (including phenoxy) is 1. The zero-order valence-electron chi connectivity index (χ0n) is 16.5. The summed E-state index contributed by atoms with van der Waals surface area (Å²) in [6.45, 7) is 4.02. The summed E-state index contributed by atoms with van der Waals surface area (Å²) < 4.78 is 4.76. The number of piperidine rings is 1. The Morgan fingerprint density at radius 3 is 2.62 bits per heavy atom. The average molecular weight is 435 g/mol. The lowest BCUT2D eigenvalue weighted by atomic mass is 9.96. The van der Waals surface area contributed by atoms with Gasteiger partial charge in [-0.05, 0) is 56.1 Å². The van der Waals surface area contributed by atoms with Crippen LogP contribution in [0.25, 0.3) is 0 Å². The van der Waals surface area contributed by atoms with Gasteiger partial charge >= 0.3 is 5.97 Å². The standard InChI is InChI=1S/C22H24Cl2N2O3/c1-14-8-9-15(22(28)29-2)11-20(14)25-21(27)16-5-4-10-26(12-16)13-17-18(23)6-3-7-19(17)24/h3,6-9,11,16H,4-5,10,12-13H2,1-2H3,(H,25,27). The molecule has 29 heavy (non-hydrogen) atoms. The maximum absolute atomic E-state index is 12.9. The molecule has 3 rings (SSSR count). The number of nitrogens with one attached hydrogen (secondary N) is 1. The molecular formula is C22H24Cl2N2O3. The summed E-state index contributed by atoms with van der Waals surface area (Å²) in [5.41, 5.74) is 2.82. The van der Waals surface area contributed by atoms with Crippen LogP contribution in [0.2, 0.25) is 10.0 Å². The number of carbonyl (C=O) groups excluding carboxylic acids is 2. The van der Waals surface area contributed by atoms with Crippen LogP contribution in [0.1, 0.15) is 34.3 Å². The van der Waals surface area contributed by atoms with Crippen LogP contribution >= 0.6 is 23.2 Å². The Hall–Kier alpha value is -2.08. The molecule has 2 aromatic carbocycles. The fourth-order valence-corrected chi connectivity index (χ4v) is 4.07. The third kappa shape index (κ3) is 5.30. The summed E-state index contributed by atoms with van der Waals surface area (Å²) in [4.78, 5) is 26.9. The highest BCUT2D eigenvalue weighted by atomic mass is 35.5. The number of rotatable bonds is 5. The van der Waals surface area contributed by atoms with Crippen molar-refractivity contribution in [1.82, 2.24) is 4.90 Å². The van der Waals surface area contributed by atoms with Gasteiger partial charge in [-0.3, -0.25) is 9.69 Å². The van der Waals surface area contributed by atoms with Crippen molar-refractivity contribution in [1.29, 1.82) is 0 Å². The van der Waals surface area contributed by atoms with Gasteiger partial charge in [-0.2, -0.15) is 0 Å². The smallest absolute Gasteiger partial charge is 0.337 e. The van der Waals surface area contributed by atoms with Gasteiger partial charge in [0.05, 0.1) is 18.6 Å². The molecule has 154 valence electrons. The number of hydrogen-bond acceptors (Lipinski definition) is 4. The Kier molecular flexibility index (Phi) is 7.17. The highest BCUT2D eigenvalue weighted by Crippen LogP contribution is 2.28. The van der Waals surface area contributed by atoms with E-state index in [1.165, 1.54) is 7.11 Å². The first-order chi connectivity index (χ1) is 13.9. The van der Waals surface area contributed by atoms with Crippen LogP contribution in [-0.2, 0) is 16.1 Å². The van der Waals surface area contributed by atoms with Crippen molar-refractivity contribution in [2.45, 2.75) is 26.3 Å². The molecule has 1 aliphatic heterocycles. The molecule has 7 heteroatoms. The molecule has 1 aliphatic rings. The molecule has 0 aliphatic carbocycles. The van der Waals surface area contributed by atoms with Crippen LogP contribution in [0, 0.1) is 12.8 Å². The summed E-state index contributed by atoms with van der Waals surface area (Å²) in [7, 11) is 1.34. The lowest BCUT2D eigenvalue weighted by molar-refractivity contribution is -0.121. The van der Waals surface area contributed by atoms with Crippen LogP contribution in [0.4, 0.5) is 5.69 Å². The minimum absolute atomic E-state index is 0.0509. The number of benzene rings is 2. The molecule has 1 N–H and O–H groups in total. The molecular weight excluding hydrogens is 411 g/mol. The van der Waals surface area contributed by atoms with Gasteiger partial charge in [0.1, 0.15) is 0 Å². The van der Waals surface area contributed by atoms with E-state index in [1.807, 2.05) is 25.1 Å². The first-order valence-corrected chi connectivity index (χ1v) is 10.3. The van der Waals surface area contributed by atoms with Crippen molar-refractivity contribution in [3.8, 4) is 0 Å². The van der Waals surface area contributed by atoms with Crippen molar-refractivity contribution < 1.29 is 14.3 Å². The second kappa shape index (κ2) is 9.61. The Morgan fingerprint density at radius 2 is 1.93 bits per heavy atom. The van der Waals surface area contributed by atoms with Crippen molar-refractivity contribution >= 4 is 40.8 Å². The third-order valence-corrected chi connectivity index (χ3v) is 5.94. The number of anilines is 1. The zero-order chi connectivity index (χ0) is 21.0. The number of amides is 1. The van der Waals surface area contributed by atoms with Gasteiger partial charge in [0, 0.05) is 34.4 Å². The molecule has 1 fully saturated rings. The number of nitrogens with zero attached hydrogens (tertiary/aromatic N) is 1. The molecule has 1 atom stereocenters. The Balaban J connectivity index is 1.68. The number of halogens is 2. The molecule has 0 bridgehead atoms. The number of aryl methyl sites for hydroxylation is 1. The fraction of sp³-hybridized carbons (Fsp3) is 0.364. The maximum atomic E-state index is 12.9. The number of methoxy groups -OCH3 is 1. The van der Waals surface area contributed by atoms with Crippen molar-refractivity contribution in [2.24, 2.45) is 5.92 Å². The molecule has 1 heterocycles. The average Bonchev–Trinajstić information content (AvgIpc) is 2.72. The molecule has 0 saturated carbocycles. The molecule has 2 aromatic rings. The van der Waals surface area contributed by atoms with Crippen LogP contribution in [0.15, 0.2) is 36.4 Å². The summed E-state index contributed by atoms with van der Waals surface area (Å²) >= 11 is 12.6. The van der Waals surface area contributed by atoms with E-state index >= 15 is 0 Å². The Bertz CT molecular complexity index is 897. The number of likely N-dealkylation sites (tertiary alicyclic amines) is 1. The molecule has 1 amide bonds. The van der Waals surface area contributed by atoms with E-state index in [0.717, 1.165) is 30.5 Å². The van der Waals surface area contributed by atoms with Crippen LogP contribution in [0.3, 0.4) is 0 Å². The number of hydrogen-bond donors (Lipinski definition) is 1. The predicted molar refractivity (Wildman–Crippen MR) is 116 cm³/mol. The van der Waals surface area contributed by atoms with E-state index in [1.54, 1.807) is 18.2 Å². The van der Waals surface area contributed by atoms with Crippen molar-refractivity contribution in [3.05, 3.63) is 63.1 Å². The van der Waals surface area contributed by atoms with Gasteiger partial charge in [0.15, 0.2) is 0 Å². The monoisotopic (exact) mass is 434 g/mol. The largest absolute Gasteiger partial charge is 0.465 e. The van der Waals surface area contributed by atoms with E-state index < -0.39 is 5.97 Å². The first-order valence-electron chi connectivity index (χ1n) is 9.54. The summed E-state index contributed by atoms with van der Waals surface area (Å²) in [6.07, 6.45) is 1.73. The maximum Gasteiger partial charge on any atom is 0.337 e. The summed E-state index contributed by atoms with van der Waals surface area (Å²) in [5.74, 6) is -0.628. The molecule has 1 saturated heterocycles. The topological polar surface area (TPSA) is 58.6 Å². The van der Waals surface area contributed by atoms with Gasteiger partial charge in [-0.25, -0.2) is 4.79 Å². The summed E-state index contributed by atoms with van der Waals surface area (Å²) in [5, 5.41) is 4.26. The van der Waals surface area contributed by atoms with E-state index in [9.17, 15) is 9.59 Å². The first kappa shape index (κ1) is 21.6. The second-order valence-electron chi connectivity index (χ2n) is 7.29. The van der Waals surface area contributed by atoms with E-state index in [4.69, 9.17) is 27.9 Å². The molecule has 0 aromatic heterocycles. The zero-order valence-corrected chi connectivity index (χ0v) is 18.0. The lowest BCUT2D eigenvalue weighted by Gasteiger charge is -2.32. The van der Waals surface area contributed by atoms with Crippen LogP contribution in [0.5, 0.6) is 0 Å². The minimum Gasteiger partial charge on any atom is -0.465 e. The molecule has 1 unspecified atom stereocenters. The number of esters is 1. The minimum atomic E-state index is -0.430. The third-order valence-electron chi connectivity index (χ3n) is 5.24. The van der Waals surface area contributed by atoms with Gasteiger partial charge in [-0.15, -0.1) is 0 Å². The fourth-order valence-electron chi connectivity index (χ4n) is 3.56. The lowest BCUT2D eigenvalue weighted by Crippen LogP contribution is -2.40. The second-order valence-corrected chi connectivity index (χ2v) is 8.10. The Morgan fingerprint density at radius 1 is 1.21 bits per heavy atom.